The van der Waals surface area contributed by atoms with E-state index in [2.05, 4.69) is 15.5 Å². The van der Waals surface area contributed by atoms with Crippen molar-refractivity contribution in [3.05, 3.63) is 68.8 Å². The van der Waals surface area contributed by atoms with Gasteiger partial charge in [-0.2, -0.15) is 0 Å². The van der Waals surface area contributed by atoms with Crippen molar-refractivity contribution in [2.45, 2.75) is 18.6 Å². The number of hydrogen-bond donors (Lipinski definition) is 1. The van der Waals surface area contributed by atoms with Crippen LogP contribution >= 0.6 is 11.8 Å². The Morgan fingerprint density at radius 2 is 1.73 bits per heavy atom. The standard InChI is InChI=1S/C18H16N6O5S/c1-2-22-17(12-5-3-7-14(9-12)23(26)27)20-21-18(22)30-11-16(25)19-13-6-4-8-15(10-13)24(28)29/h3-10H,2,11H2,1H3,(H,19,25). The highest BCUT2D eigenvalue weighted by Crippen LogP contribution is 2.26. The van der Waals surface area contributed by atoms with Gasteiger partial charge in [0.05, 0.1) is 15.6 Å². The van der Waals surface area contributed by atoms with Gasteiger partial charge in [0, 0.05) is 42.1 Å². The molecule has 0 saturated heterocycles. The van der Waals surface area contributed by atoms with Crippen molar-refractivity contribution in [3.8, 4) is 11.4 Å². The number of carbonyl (C=O) groups excluding carboxylic acids is 1. The SMILES string of the molecule is CCn1c(SCC(=O)Nc2cccc([N+](=O)[O-])c2)nnc1-c1cccc([N+](=O)[O-])c1. The lowest BCUT2D eigenvalue weighted by Gasteiger charge is -2.08. The van der Waals surface area contributed by atoms with Gasteiger partial charge < -0.3 is 9.88 Å². The van der Waals surface area contributed by atoms with E-state index in [0.29, 0.717) is 28.8 Å². The third-order valence-electron chi connectivity index (χ3n) is 4.02. The molecule has 3 aromatic rings. The average molecular weight is 428 g/mol. The largest absolute Gasteiger partial charge is 0.325 e. The molecule has 0 spiro atoms. The molecule has 2 aromatic carbocycles. The first-order chi connectivity index (χ1) is 14.4. The average Bonchev–Trinajstić information content (AvgIpc) is 3.15. The van der Waals surface area contributed by atoms with E-state index < -0.39 is 9.85 Å². The Balaban J connectivity index is 1.71. The molecule has 3 rings (SSSR count). The minimum Gasteiger partial charge on any atom is -0.325 e. The van der Waals surface area contributed by atoms with Crippen molar-refractivity contribution in [2.24, 2.45) is 0 Å². The second kappa shape index (κ2) is 9.13. The summed E-state index contributed by atoms with van der Waals surface area (Å²) in [5.41, 5.74) is 0.701. The molecule has 30 heavy (non-hydrogen) atoms. The van der Waals surface area contributed by atoms with Crippen LogP contribution in [0.15, 0.2) is 53.7 Å². The van der Waals surface area contributed by atoms with Crippen LogP contribution in [0.4, 0.5) is 17.1 Å². The van der Waals surface area contributed by atoms with Crippen LogP contribution in [0.2, 0.25) is 0 Å². The van der Waals surface area contributed by atoms with Gasteiger partial charge in [0.25, 0.3) is 11.4 Å². The molecule has 1 heterocycles. The molecule has 0 unspecified atom stereocenters. The molecule has 0 radical (unpaired) electrons. The Bertz CT molecular complexity index is 1120. The Morgan fingerprint density at radius 1 is 1.07 bits per heavy atom. The van der Waals surface area contributed by atoms with E-state index in [9.17, 15) is 25.0 Å². The molecule has 1 aromatic heterocycles. The number of nitro groups is 2. The van der Waals surface area contributed by atoms with E-state index in [-0.39, 0.29) is 23.0 Å². The van der Waals surface area contributed by atoms with Crippen LogP contribution in [0.3, 0.4) is 0 Å². The van der Waals surface area contributed by atoms with Crippen LogP contribution in [-0.4, -0.2) is 36.3 Å². The maximum absolute atomic E-state index is 12.2. The highest BCUT2D eigenvalue weighted by Gasteiger charge is 2.17. The summed E-state index contributed by atoms with van der Waals surface area (Å²) < 4.78 is 1.75. The Hall–Kier alpha value is -3.80. The molecule has 0 bridgehead atoms. The molecular weight excluding hydrogens is 412 g/mol. The molecule has 0 saturated carbocycles. The number of aromatic nitrogens is 3. The van der Waals surface area contributed by atoms with Gasteiger partial charge in [-0.15, -0.1) is 10.2 Å². The summed E-state index contributed by atoms with van der Waals surface area (Å²) >= 11 is 1.15. The van der Waals surface area contributed by atoms with Crippen molar-refractivity contribution in [2.75, 3.05) is 11.1 Å². The predicted octanol–water partition coefficient (Wildman–Crippen LogP) is 3.51. The van der Waals surface area contributed by atoms with Gasteiger partial charge in [0.2, 0.25) is 5.91 Å². The van der Waals surface area contributed by atoms with Crippen LogP contribution in [0.5, 0.6) is 0 Å². The number of nitrogens with one attached hydrogen (secondary N) is 1. The number of rotatable bonds is 8. The number of benzene rings is 2. The number of anilines is 1. The van der Waals surface area contributed by atoms with E-state index in [4.69, 9.17) is 0 Å². The fraction of sp³-hybridized carbons (Fsp3) is 0.167. The van der Waals surface area contributed by atoms with E-state index in [0.717, 1.165) is 11.8 Å². The van der Waals surface area contributed by atoms with Gasteiger partial charge >= 0.3 is 0 Å². The zero-order valence-electron chi connectivity index (χ0n) is 15.7. The van der Waals surface area contributed by atoms with E-state index in [1.54, 1.807) is 22.8 Å². The zero-order valence-corrected chi connectivity index (χ0v) is 16.5. The molecule has 0 fully saturated rings. The number of thioether (sulfide) groups is 1. The number of hydrogen-bond acceptors (Lipinski definition) is 8. The molecule has 0 aliphatic rings. The Kier molecular flexibility index (Phi) is 6.37. The van der Waals surface area contributed by atoms with E-state index in [1.165, 1.54) is 30.3 Å². The van der Waals surface area contributed by atoms with Gasteiger partial charge in [-0.3, -0.25) is 25.0 Å². The second-order valence-corrected chi connectivity index (χ2v) is 6.94. The van der Waals surface area contributed by atoms with Crippen molar-refractivity contribution in [3.63, 3.8) is 0 Å². The minimum absolute atomic E-state index is 0.00969. The van der Waals surface area contributed by atoms with E-state index >= 15 is 0 Å². The third kappa shape index (κ3) is 4.78. The molecule has 1 amide bonds. The molecular formula is C18H16N6O5S. The molecule has 0 aliphatic carbocycles. The topological polar surface area (TPSA) is 146 Å². The van der Waals surface area contributed by atoms with Gasteiger partial charge in [-0.1, -0.05) is 30.0 Å². The smallest absolute Gasteiger partial charge is 0.271 e. The third-order valence-corrected chi connectivity index (χ3v) is 4.99. The zero-order chi connectivity index (χ0) is 21.7. The summed E-state index contributed by atoms with van der Waals surface area (Å²) in [6.07, 6.45) is 0. The monoisotopic (exact) mass is 428 g/mol. The van der Waals surface area contributed by atoms with Gasteiger partial charge in [0.1, 0.15) is 0 Å². The summed E-state index contributed by atoms with van der Waals surface area (Å²) in [5.74, 6) is 0.112. The normalized spacial score (nSPS) is 10.6. The van der Waals surface area contributed by atoms with E-state index in [1.807, 2.05) is 6.92 Å². The van der Waals surface area contributed by atoms with Crippen molar-refractivity contribution in [1.29, 1.82) is 0 Å². The first-order valence-electron chi connectivity index (χ1n) is 8.74. The quantitative estimate of drug-likeness (QED) is 0.326. The van der Waals surface area contributed by atoms with Gasteiger partial charge in [0.15, 0.2) is 11.0 Å². The van der Waals surface area contributed by atoms with Crippen molar-refractivity contribution in [1.82, 2.24) is 14.8 Å². The summed E-state index contributed by atoms with van der Waals surface area (Å²) in [5, 5.41) is 33.1. The molecule has 11 nitrogen and oxygen atoms in total. The maximum Gasteiger partial charge on any atom is 0.271 e. The number of carbonyl (C=O) groups is 1. The number of amides is 1. The summed E-state index contributed by atoms with van der Waals surface area (Å²) in [6, 6.07) is 11.7. The van der Waals surface area contributed by atoms with Crippen LogP contribution in [0.1, 0.15) is 6.92 Å². The fourth-order valence-electron chi connectivity index (χ4n) is 2.68. The van der Waals surface area contributed by atoms with Crippen LogP contribution in [0.25, 0.3) is 11.4 Å². The Labute approximate surface area is 174 Å². The highest BCUT2D eigenvalue weighted by molar-refractivity contribution is 7.99. The summed E-state index contributed by atoms with van der Waals surface area (Å²) in [7, 11) is 0. The number of nitro benzene ring substituents is 2. The lowest BCUT2D eigenvalue weighted by Crippen LogP contribution is -2.14. The molecule has 1 N–H and O–H groups in total. The van der Waals surface area contributed by atoms with Crippen LogP contribution < -0.4 is 5.32 Å². The first kappa shape index (κ1) is 20.9. The molecule has 0 aliphatic heterocycles. The summed E-state index contributed by atoms with van der Waals surface area (Å²) in [4.78, 5) is 33.0. The highest BCUT2D eigenvalue weighted by atomic mass is 32.2. The molecule has 0 atom stereocenters. The number of nitrogens with zero attached hydrogens (tertiary/aromatic N) is 5. The fourth-order valence-corrected chi connectivity index (χ4v) is 3.48. The lowest BCUT2D eigenvalue weighted by molar-refractivity contribution is -0.385. The summed E-state index contributed by atoms with van der Waals surface area (Å²) in [6.45, 7) is 2.37. The van der Waals surface area contributed by atoms with Crippen molar-refractivity contribution >= 4 is 34.7 Å². The molecule has 12 heteroatoms. The predicted molar refractivity (Wildman–Crippen MR) is 110 cm³/mol. The van der Waals surface area contributed by atoms with Crippen molar-refractivity contribution < 1.29 is 14.6 Å². The van der Waals surface area contributed by atoms with Gasteiger partial charge in [-0.05, 0) is 13.0 Å². The van der Waals surface area contributed by atoms with Crippen LogP contribution in [0, 0.1) is 20.2 Å². The minimum atomic E-state index is -0.538. The van der Waals surface area contributed by atoms with Gasteiger partial charge in [-0.25, -0.2) is 0 Å². The maximum atomic E-state index is 12.2. The molecule has 154 valence electrons. The number of non-ortho nitro benzene ring substituents is 2. The Morgan fingerprint density at radius 3 is 2.40 bits per heavy atom. The lowest BCUT2D eigenvalue weighted by atomic mass is 10.2. The van der Waals surface area contributed by atoms with Crippen LogP contribution in [-0.2, 0) is 11.3 Å². The second-order valence-electron chi connectivity index (χ2n) is 6.00. The first-order valence-corrected chi connectivity index (χ1v) is 9.72.